The number of halogens is 1. The molecule has 0 bridgehead atoms. The van der Waals surface area contributed by atoms with Crippen LogP contribution in [0.5, 0.6) is 0 Å². The van der Waals surface area contributed by atoms with E-state index in [9.17, 15) is 8.42 Å². The number of hydrogen-bond acceptors (Lipinski definition) is 4. The Bertz CT molecular complexity index is 545. The van der Waals surface area contributed by atoms with E-state index in [-0.39, 0.29) is 17.5 Å². The Hall–Kier alpha value is -0.810. The summed E-state index contributed by atoms with van der Waals surface area (Å²) in [6, 6.07) is 2.03. The van der Waals surface area contributed by atoms with Crippen molar-refractivity contribution in [1.82, 2.24) is 4.98 Å². The number of pyridine rings is 1. The summed E-state index contributed by atoms with van der Waals surface area (Å²) in [5, 5.41) is 0. The van der Waals surface area contributed by atoms with Gasteiger partial charge < -0.3 is 4.90 Å². The van der Waals surface area contributed by atoms with E-state index in [4.69, 9.17) is 11.6 Å². The number of anilines is 1. The monoisotopic (exact) mass is 288 g/mol. The number of alkyl halides is 1. The van der Waals surface area contributed by atoms with Gasteiger partial charge in [-0.1, -0.05) is 0 Å². The Balaban J connectivity index is 2.21. The van der Waals surface area contributed by atoms with Gasteiger partial charge in [-0.25, -0.2) is 13.4 Å². The molecule has 1 atom stereocenters. The molecule has 0 radical (unpaired) electrons. The first-order chi connectivity index (χ1) is 8.43. The molecule has 1 aliphatic rings. The molecule has 1 saturated heterocycles. The molecule has 0 spiro atoms. The quantitative estimate of drug-likeness (QED) is 0.795. The van der Waals surface area contributed by atoms with Gasteiger partial charge in [0.2, 0.25) is 0 Å². The topological polar surface area (TPSA) is 50.3 Å². The van der Waals surface area contributed by atoms with Crippen LogP contribution in [-0.4, -0.2) is 38.0 Å². The average Bonchev–Trinajstić information content (AvgIpc) is 2.68. The second-order valence-corrected chi connectivity index (χ2v) is 7.28. The van der Waals surface area contributed by atoms with Crippen molar-refractivity contribution in [3.8, 4) is 0 Å². The number of aryl methyl sites for hydroxylation is 1. The Morgan fingerprint density at radius 1 is 1.56 bits per heavy atom. The third-order valence-corrected chi connectivity index (χ3v) is 5.41. The second-order valence-electron chi connectivity index (χ2n) is 4.79. The van der Waals surface area contributed by atoms with Gasteiger partial charge in [0, 0.05) is 25.2 Å². The molecule has 1 unspecified atom stereocenters. The average molecular weight is 289 g/mol. The summed E-state index contributed by atoms with van der Waals surface area (Å²) in [6.07, 6.45) is 2.42. The third kappa shape index (κ3) is 2.78. The van der Waals surface area contributed by atoms with Gasteiger partial charge in [0.15, 0.2) is 9.84 Å². The van der Waals surface area contributed by atoms with Crippen molar-refractivity contribution in [2.45, 2.75) is 25.3 Å². The van der Waals surface area contributed by atoms with E-state index in [0.29, 0.717) is 12.3 Å². The first-order valence-corrected chi connectivity index (χ1v) is 8.23. The third-order valence-electron chi connectivity index (χ3n) is 3.35. The van der Waals surface area contributed by atoms with Crippen LogP contribution in [0.1, 0.15) is 17.5 Å². The number of aromatic nitrogens is 1. The Labute approximate surface area is 113 Å². The predicted octanol–water partition coefficient (Wildman–Crippen LogP) is 1.75. The summed E-state index contributed by atoms with van der Waals surface area (Å²) < 4.78 is 23.0. The van der Waals surface area contributed by atoms with Crippen molar-refractivity contribution < 1.29 is 8.42 Å². The van der Waals surface area contributed by atoms with Crippen LogP contribution >= 0.6 is 11.6 Å². The number of hydrogen-bond donors (Lipinski definition) is 0. The summed E-state index contributed by atoms with van der Waals surface area (Å²) in [5.41, 5.74) is 2.00. The first kappa shape index (κ1) is 13.6. The molecule has 4 nitrogen and oxygen atoms in total. The van der Waals surface area contributed by atoms with Gasteiger partial charge in [-0.15, -0.1) is 11.6 Å². The maximum absolute atomic E-state index is 11.5. The van der Waals surface area contributed by atoms with Crippen molar-refractivity contribution in [2.24, 2.45) is 0 Å². The van der Waals surface area contributed by atoms with Crippen LogP contribution in [0.4, 0.5) is 5.82 Å². The van der Waals surface area contributed by atoms with Crippen molar-refractivity contribution in [2.75, 3.05) is 23.5 Å². The zero-order valence-electron chi connectivity index (χ0n) is 10.6. The molecule has 1 aromatic heterocycles. The highest BCUT2D eigenvalue weighted by atomic mass is 35.5. The van der Waals surface area contributed by atoms with E-state index in [2.05, 4.69) is 4.98 Å². The molecule has 1 fully saturated rings. The van der Waals surface area contributed by atoms with Gasteiger partial charge in [0.05, 0.1) is 11.5 Å². The molecule has 0 aliphatic carbocycles. The molecule has 0 aromatic carbocycles. The van der Waals surface area contributed by atoms with E-state index in [1.54, 1.807) is 6.20 Å². The lowest BCUT2D eigenvalue weighted by Gasteiger charge is -2.26. The second kappa shape index (κ2) is 5.05. The predicted molar refractivity (Wildman–Crippen MR) is 74.0 cm³/mol. The highest BCUT2D eigenvalue weighted by molar-refractivity contribution is 7.91. The number of nitrogens with zero attached hydrogens (tertiary/aromatic N) is 2. The van der Waals surface area contributed by atoms with Gasteiger partial charge >= 0.3 is 0 Å². The van der Waals surface area contributed by atoms with E-state index >= 15 is 0 Å². The van der Waals surface area contributed by atoms with Crippen LogP contribution in [0.25, 0.3) is 0 Å². The summed E-state index contributed by atoms with van der Waals surface area (Å²) in [4.78, 5) is 6.36. The highest BCUT2D eigenvalue weighted by Gasteiger charge is 2.31. The van der Waals surface area contributed by atoms with Gasteiger partial charge in [0.25, 0.3) is 0 Å². The van der Waals surface area contributed by atoms with Crippen molar-refractivity contribution in [3.05, 3.63) is 23.4 Å². The fourth-order valence-electron chi connectivity index (χ4n) is 2.32. The van der Waals surface area contributed by atoms with Crippen LogP contribution in [0.3, 0.4) is 0 Å². The van der Waals surface area contributed by atoms with Gasteiger partial charge in [-0.05, 0) is 30.5 Å². The van der Waals surface area contributed by atoms with Gasteiger partial charge in [-0.2, -0.15) is 0 Å². The van der Waals surface area contributed by atoms with Crippen molar-refractivity contribution >= 4 is 27.3 Å². The van der Waals surface area contributed by atoms with Crippen LogP contribution in [0.2, 0.25) is 0 Å². The van der Waals surface area contributed by atoms with E-state index in [1.807, 2.05) is 24.9 Å². The fraction of sp³-hybridized carbons (Fsp3) is 0.583. The highest BCUT2D eigenvalue weighted by Crippen LogP contribution is 2.24. The van der Waals surface area contributed by atoms with Crippen molar-refractivity contribution in [1.29, 1.82) is 0 Å². The fourth-order valence-corrected chi connectivity index (χ4v) is 4.24. The molecular formula is C12H17ClN2O2S. The lowest BCUT2D eigenvalue weighted by molar-refractivity contribution is 0.600. The van der Waals surface area contributed by atoms with Crippen LogP contribution < -0.4 is 4.90 Å². The minimum Gasteiger partial charge on any atom is -0.355 e. The maximum atomic E-state index is 11.5. The summed E-state index contributed by atoms with van der Waals surface area (Å²) in [6.45, 7) is 1.97. The Morgan fingerprint density at radius 2 is 2.28 bits per heavy atom. The van der Waals surface area contributed by atoms with E-state index < -0.39 is 9.84 Å². The molecular weight excluding hydrogens is 272 g/mol. The molecule has 100 valence electrons. The Morgan fingerprint density at radius 3 is 2.78 bits per heavy atom. The SMILES string of the molecule is Cc1cc(CCl)cnc1N(C)C1CCS(=O)(=O)C1. The minimum atomic E-state index is -2.86. The van der Waals surface area contributed by atoms with Crippen LogP contribution in [-0.2, 0) is 15.7 Å². The number of rotatable bonds is 3. The molecule has 2 heterocycles. The molecule has 1 aliphatic heterocycles. The zero-order valence-corrected chi connectivity index (χ0v) is 12.1. The van der Waals surface area contributed by atoms with E-state index in [0.717, 1.165) is 16.9 Å². The summed E-state index contributed by atoms with van der Waals surface area (Å²) in [7, 11) is -0.961. The molecule has 1 aromatic rings. The molecule has 0 amide bonds. The van der Waals surface area contributed by atoms with Crippen LogP contribution in [0.15, 0.2) is 12.3 Å². The molecule has 0 saturated carbocycles. The number of sulfone groups is 1. The molecule has 6 heteroatoms. The van der Waals surface area contributed by atoms with Gasteiger partial charge in [-0.3, -0.25) is 0 Å². The largest absolute Gasteiger partial charge is 0.355 e. The smallest absolute Gasteiger partial charge is 0.152 e. The summed E-state index contributed by atoms with van der Waals surface area (Å²) >= 11 is 5.76. The standard InChI is InChI=1S/C12H17ClN2O2S/c1-9-5-10(6-13)7-14-12(9)15(2)11-3-4-18(16,17)8-11/h5,7,11H,3-4,6,8H2,1-2H3. The van der Waals surface area contributed by atoms with E-state index in [1.165, 1.54) is 0 Å². The summed E-state index contributed by atoms with van der Waals surface area (Å²) in [5.74, 6) is 1.78. The molecule has 0 N–H and O–H groups in total. The molecule has 18 heavy (non-hydrogen) atoms. The Kier molecular flexibility index (Phi) is 3.82. The lowest BCUT2D eigenvalue weighted by atomic mass is 10.1. The van der Waals surface area contributed by atoms with Crippen molar-refractivity contribution in [3.63, 3.8) is 0 Å². The first-order valence-electron chi connectivity index (χ1n) is 5.87. The molecule has 2 rings (SSSR count). The zero-order chi connectivity index (χ0) is 13.3. The maximum Gasteiger partial charge on any atom is 0.152 e. The lowest BCUT2D eigenvalue weighted by Crippen LogP contribution is -2.33. The normalized spacial score (nSPS) is 22.1. The van der Waals surface area contributed by atoms with Gasteiger partial charge in [0.1, 0.15) is 5.82 Å². The minimum absolute atomic E-state index is 0.0306. The van der Waals surface area contributed by atoms with Crippen LogP contribution in [0, 0.1) is 6.92 Å².